The quantitative estimate of drug-likeness (QED) is 0.335. The summed E-state index contributed by atoms with van der Waals surface area (Å²) in [6.45, 7) is -0.694. The lowest BCUT2D eigenvalue weighted by molar-refractivity contribution is 1.93. The van der Waals surface area contributed by atoms with Gasteiger partial charge in [0.25, 0.3) is 0 Å². The summed E-state index contributed by atoms with van der Waals surface area (Å²) in [7, 11) is 4.04. The fourth-order valence-corrected chi connectivity index (χ4v) is 0. The van der Waals surface area contributed by atoms with Gasteiger partial charge in [0.05, 0.1) is 6.79 Å². The molecular weight excluding hydrogens is 126 g/mol. The van der Waals surface area contributed by atoms with E-state index in [0.717, 1.165) is 0 Å². The van der Waals surface area contributed by atoms with Crippen LogP contribution in [0.5, 0.6) is 0 Å². The van der Waals surface area contributed by atoms with Gasteiger partial charge in [-0.3, -0.25) is 0 Å². The Hall–Kier alpha value is 0.828. The van der Waals surface area contributed by atoms with Gasteiger partial charge in [0.2, 0.25) is 0 Å². The molecule has 32 valence electrons. The highest BCUT2D eigenvalue weighted by Gasteiger charge is 2.00. The molecule has 0 aliphatic rings. The van der Waals surface area contributed by atoms with Crippen molar-refractivity contribution in [2.24, 2.45) is 5.40 Å². The summed E-state index contributed by atoms with van der Waals surface area (Å²) in [4.78, 5) is 0. The van der Waals surface area contributed by atoms with Gasteiger partial charge in [0.15, 0.2) is 0 Å². The van der Waals surface area contributed by atoms with E-state index in [-0.39, 0.29) is 0 Å². The van der Waals surface area contributed by atoms with Gasteiger partial charge < -0.3 is 5.40 Å². The standard InChI is InChI=1S/H11NSi4/c1-5(2,3)4/h1H2,2-4H3. The minimum atomic E-state index is -0.694. The third-order valence-electron chi connectivity index (χ3n) is 0. The second kappa shape index (κ2) is 1.52. The smallest absolute Gasteiger partial charge is 0.0635 e. The Balaban J connectivity index is 3.02. The van der Waals surface area contributed by atoms with Crippen molar-refractivity contribution in [2.75, 3.05) is 0 Å². The fourth-order valence-electron chi connectivity index (χ4n) is 0. The van der Waals surface area contributed by atoms with Crippen molar-refractivity contribution in [1.82, 2.24) is 0 Å². The first kappa shape index (κ1) is 5.83. The first-order valence-electron chi connectivity index (χ1n) is 1.79. The fraction of sp³-hybridized carbons (Fsp3) is 0. The van der Waals surface area contributed by atoms with Crippen molar-refractivity contribution in [1.29, 1.82) is 0 Å². The zero-order chi connectivity index (χ0) is 4.50. The van der Waals surface area contributed by atoms with E-state index in [9.17, 15) is 0 Å². The van der Waals surface area contributed by atoms with Gasteiger partial charge in [0, 0.05) is 29.3 Å². The van der Waals surface area contributed by atoms with Crippen molar-refractivity contribution in [3.05, 3.63) is 0 Å². The summed E-state index contributed by atoms with van der Waals surface area (Å²) in [5, 5.41) is 5.68. The minimum absolute atomic E-state index is 0.694. The van der Waals surface area contributed by atoms with E-state index in [4.69, 9.17) is 5.40 Å². The molecule has 0 rings (SSSR count). The molecule has 0 unspecified atom stereocenters. The van der Waals surface area contributed by atoms with Crippen LogP contribution in [0.1, 0.15) is 0 Å². The molecule has 0 saturated heterocycles. The summed E-state index contributed by atoms with van der Waals surface area (Å²) < 4.78 is 0. The first-order chi connectivity index (χ1) is 2.00. The molecule has 0 aromatic heterocycles. The maximum Gasteiger partial charge on any atom is 0.0635 e. The van der Waals surface area contributed by atoms with Crippen molar-refractivity contribution in [2.45, 2.75) is 0 Å². The van der Waals surface area contributed by atoms with E-state index >= 15 is 0 Å². The first-order valence-corrected chi connectivity index (χ1v) is 14.4. The predicted octanol–water partition coefficient (Wildman–Crippen LogP) is -4.52. The lowest BCUT2D eigenvalue weighted by Crippen LogP contribution is -2.49. The summed E-state index contributed by atoms with van der Waals surface area (Å²) >= 11 is 0. The normalized spacial score (nSPS) is 23.4. The lowest BCUT2D eigenvalue weighted by Gasteiger charge is -2.02. The molecule has 0 aliphatic carbocycles. The van der Waals surface area contributed by atoms with Crippen LogP contribution >= 0.6 is 0 Å². The molecule has 0 heterocycles. The molecule has 0 amide bonds. The molecule has 0 atom stereocenters. The molecule has 0 saturated carbocycles. The van der Waals surface area contributed by atoms with E-state index in [1.54, 1.807) is 0 Å². The number of hydrogen-bond acceptors (Lipinski definition) is 1. The second-order valence-corrected chi connectivity index (χ2v) is 48.3. The summed E-state index contributed by atoms with van der Waals surface area (Å²) in [6.07, 6.45) is 0. The summed E-state index contributed by atoms with van der Waals surface area (Å²) in [6, 6.07) is 0. The molecule has 5 heteroatoms. The highest BCUT2D eigenvalue weighted by molar-refractivity contribution is 7.58. The van der Waals surface area contributed by atoms with Crippen LogP contribution in [0.15, 0.2) is 0 Å². The van der Waals surface area contributed by atoms with E-state index in [1.807, 2.05) is 0 Å². The predicted molar refractivity (Wildman–Crippen MR) is 39.8 cm³/mol. The maximum absolute atomic E-state index is 5.68. The van der Waals surface area contributed by atoms with Crippen LogP contribution in [0.3, 0.4) is 0 Å². The van der Waals surface area contributed by atoms with Gasteiger partial charge in [0.1, 0.15) is 0 Å². The Bertz CT molecular complexity index is 19.1. The van der Waals surface area contributed by atoms with E-state index in [0.29, 0.717) is 0 Å². The molecule has 0 aromatic carbocycles. The molecular formula is H11NSi4. The SMILES string of the molecule is N[Si]([SiH3])([SiH3])[SiH3]. The number of nitrogens with two attached hydrogens (primary N) is 1. The van der Waals surface area contributed by atoms with Gasteiger partial charge >= 0.3 is 0 Å². The van der Waals surface area contributed by atoms with Crippen LogP contribution in [-0.4, -0.2) is 36.1 Å². The van der Waals surface area contributed by atoms with Crippen molar-refractivity contribution in [3.8, 4) is 0 Å². The van der Waals surface area contributed by atoms with Crippen LogP contribution < -0.4 is 5.40 Å². The topological polar surface area (TPSA) is 26.0 Å². The van der Waals surface area contributed by atoms with Crippen LogP contribution in [0.4, 0.5) is 0 Å². The Labute approximate surface area is 42.1 Å². The van der Waals surface area contributed by atoms with Crippen molar-refractivity contribution in [3.63, 3.8) is 0 Å². The Morgan fingerprint density at radius 3 is 1.20 bits per heavy atom. The van der Waals surface area contributed by atoms with Crippen LogP contribution in [0, 0.1) is 0 Å². The molecule has 0 fully saturated rings. The van der Waals surface area contributed by atoms with Gasteiger partial charge in [-0.05, 0) is 0 Å². The molecule has 1 nitrogen and oxygen atoms in total. The van der Waals surface area contributed by atoms with Crippen LogP contribution in [0.2, 0.25) is 0 Å². The highest BCUT2D eigenvalue weighted by Crippen LogP contribution is 1.56. The van der Waals surface area contributed by atoms with Crippen LogP contribution in [0.25, 0.3) is 0 Å². The maximum atomic E-state index is 5.68. The van der Waals surface area contributed by atoms with Gasteiger partial charge in [-0.2, -0.15) is 0 Å². The Morgan fingerprint density at radius 1 is 1.20 bits per heavy atom. The Morgan fingerprint density at radius 2 is 1.20 bits per heavy atom. The number of rotatable bonds is 0. The van der Waals surface area contributed by atoms with Crippen molar-refractivity contribution >= 4 is 36.1 Å². The van der Waals surface area contributed by atoms with E-state index < -0.39 is 6.79 Å². The van der Waals surface area contributed by atoms with E-state index in [1.165, 1.54) is 29.3 Å². The Kier molecular flexibility index (Phi) is 1.77. The van der Waals surface area contributed by atoms with Gasteiger partial charge in [-0.1, -0.05) is 0 Å². The molecule has 0 aromatic rings. The zero-order valence-electron chi connectivity index (χ0n) is 4.08. The van der Waals surface area contributed by atoms with Crippen LogP contribution in [-0.2, 0) is 0 Å². The molecule has 5 heavy (non-hydrogen) atoms. The highest BCUT2D eigenvalue weighted by atomic mass is 29.9. The average molecular weight is 137 g/mol. The monoisotopic (exact) mass is 137 g/mol. The largest absolute Gasteiger partial charge is 0.358 e. The third kappa shape index (κ3) is 56.4. The molecule has 0 bridgehead atoms. The van der Waals surface area contributed by atoms with Gasteiger partial charge in [-0.15, -0.1) is 0 Å². The minimum Gasteiger partial charge on any atom is -0.358 e. The average Bonchev–Trinajstić information content (AvgIpc) is 0.722. The van der Waals surface area contributed by atoms with E-state index in [2.05, 4.69) is 0 Å². The van der Waals surface area contributed by atoms with Crippen molar-refractivity contribution < 1.29 is 0 Å². The molecule has 0 radical (unpaired) electrons. The molecule has 2 N–H and O–H groups in total. The number of hydrogen-bond donors (Lipinski definition) is 1. The molecule has 0 aliphatic heterocycles. The second-order valence-electron chi connectivity index (χ2n) is 2.37. The molecule has 0 spiro atoms. The summed E-state index contributed by atoms with van der Waals surface area (Å²) in [5.74, 6) is 0. The third-order valence-corrected chi connectivity index (χ3v) is 0. The lowest BCUT2D eigenvalue weighted by atomic mass is 13.9. The zero-order valence-corrected chi connectivity index (χ0v) is 11.1. The van der Waals surface area contributed by atoms with Gasteiger partial charge in [-0.25, -0.2) is 0 Å². The summed E-state index contributed by atoms with van der Waals surface area (Å²) in [5.41, 5.74) is 0.